The standard InChI is InChI=1S/C26H35N4O8P/c1-4-6-12-29(13-7-5-2)24(31)18-30-22-16-20(36-3)9-10-21(22)25(28-30)26(32)19-8-11-23(27-17-19)37-14-15-38-39(33,34)35/h8-11,16-17H,4-7,12-15,18H2,1-3H3,(H2,33,34,35). The van der Waals surface area contributed by atoms with Crippen LogP contribution >= 0.6 is 7.82 Å². The van der Waals surface area contributed by atoms with Crippen LogP contribution in [-0.4, -0.2) is 74.6 Å². The maximum atomic E-state index is 13.4. The van der Waals surface area contributed by atoms with E-state index in [1.54, 1.807) is 30.0 Å². The van der Waals surface area contributed by atoms with Crippen LogP contribution in [-0.2, 0) is 20.4 Å². The van der Waals surface area contributed by atoms with E-state index in [4.69, 9.17) is 19.3 Å². The predicted molar refractivity (Wildman–Crippen MR) is 144 cm³/mol. The van der Waals surface area contributed by atoms with Gasteiger partial charge in [0, 0.05) is 42.4 Å². The Hall–Kier alpha value is -3.31. The highest BCUT2D eigenvalue weighted by Gasteiger charge is 2.22. The van der Waals surface area contributed by atoms with Crippen LogP contribution in [0.3, 0.4) is 0 Å². The fourth-order valence-electron chi connectivity index (χ4n) is 3.90. The molecule has 2 aromatic heterocycles. The average molecular weight is 563 g/mol. The molecule has 212 valence electrons. The van der Waals surface area contributed by atoms with E-state index in [0.29, 0.717) is 29.7 Å². The summed E-state index contributed by atoms with van der Waals surface area (Å²) in [7, 11) is -3.03. The summed E-state index contributed by atoms with van der Waals surface area (Å²) in [6.45, 7) is 5.05. The number of hydrogen-bond donors (Lipinski definition) is 2. The van der Waals surface area contributed by atoms with Crippen molar-refractivity contribution in [3.05, 3.63) is 47.8 Å². The van der Waals surface area contributed by atoms with Crippen LogP contribution in [0.2, 0.25) is 0 Å². The lowest BCUT2D eigenvalue weighted by molar-refractivity contribution is -0.132. The summed E-state index contributed by atoms with van der Waals surface area (Å²) in [5.41, 5.74) is 1.05. The van der Waals surface area contributed by atoms with Gasteiger partial charge >= 0.3 is 7.82 Å². The Kier molecular flexibility index (Phi) is 11.0. The summed E-state index contributed by atoms with van der Waals surface area (Å²) in [5, 5.41) is 5.13. The molecular weight excluding hydrogens is 527 g/mol. The van der Waals surface area contributed by atoms with Crippen molar-refractivity contribution in [1.29, 1.82) is 0 Å². The van der Waals surface area contributed by atoms with Crippen molar-refractivity contribution in [2.45, 2.75) is 46.1 Å². The van der Waals surface area contributed by atoms with E-state index >= 15 is 0 Å². The average Bonchev–Trinajstić information content (AvgIpc) is 3.27. The number of phosphoric ester groups is 1. The fraction of sp³-hybridized carbons (Fsp3) is 0.462. The van der Waals surface area contributed by atoms with E-state index in [1.807, 2.05) is 4.90 Å². The van der Waals surface area contributed by atoms with E-state index < -0.39 is 7.82 Å². The van der Waals surface area contributed by atoms with Gasteiger partial charge in [0.1, 0.15) is 24.6 Å². The number of phosphoric acid groups is 1. The molecule has 0 spiro atoms. The topological polar surface area (TPSA) is 153 Å². The number of nitrogens with zero attached hydrogens (tertiary/aromatic N) is 4. The molecule has 3 rings (SSSR count). The summed E-state index contributed by atoms with van der Waals surface area (Å²) in [5.74, 6) is 0.295. The third-order valence-electron chi connectivity index (χ3n) is 5.97. The maximum absolute atomic E-state index is 13.4. The van der Waals surface area contributed by atoms with Gasteiger partial charge in [0.25, 0.3) is 0 Å². The van der Waals surface area contributed by atoms with Gasteiger partial charge in [-0.25, -0.2) is 9.55 Å². The third-order valence-corrected chi connectivity index (χ3v) is 6.48. The molecule has 1 amide bonds. The largest absolute Gasteiger partial charge is 0.497 e. The first kappa shape index (κ1) is 30.2. The monoisotopic (exact) mass is 562 g/mol. The molecule has 0 aliphatic carbocycles. The number of fused-ring (bicyclic) bond motifs is 1. The quantitative estimate of drug-likeness (QED) is 0.150. The van der Waals surface area contributed by atoms with Crippen molar-refractivity contribution in [2.24, 2.45) is 0 Å². The number of aromatic nitrogens is 3. The van der Waals surface area contributed by atoms with E-state index in [-0.39, 0.29) is 48.6 Å². The Labute approximate surface area is 227 Å². The zero-order valence-corrected chi connectivity index (χ0v) is 23.3. The van der Waals surface area contributed by atoms with Gasteiger partial charge < -0.3 is 24.2 Å². The molecule has 3 aromatic rings. The molecule has 39 heavy (non-hydrogen) atoms. The molecule has 13 heteroatoms. The van der Waals surface area contributed by atoms with Gasteiger partial charge in [0.2, 0.25) is 17.6 Å². The number of hydrogen-bond acceptors (Lipinski definition) is 8. The number of unbranched alkanes of at least 4 members (excludes halogenated alkanes) is 2. The summed E-state index contributed by atoms with van der Waals surface area (Å²) in [6.07, 6.45) is 5.12. The van der Waals surface area contributed by atoms with Crippen molar-refractivity contribution in [3.63, 3.8) is 0 Å². The van der Waals surface area contributed by atoms with Gasteiger partial charge in [-0.3, -0.25) is 18.8 Å². The zero-order valence-electron chi connectivity index (χ0n) is 22.4. The number of ether oxygens (including phenoxy) is 2. The molecule has 0 bridgehead atoms. The molecule has 0 unspecified atom stereocenters. The van der Waals surface area contributed by atoms with Gasteiger partial charge in [0.05, 0.1) is 19.2 Å². The van der Waals surface area contributed by atoms with Crippen LogP contribution in [0.1, 0.15) is 55.6 Å². The van der Waals surface area contributed by atoms with Gasteiger partial charge in [-0.2, -0.15) is 5.10 Å². The number of pyridine rings is 1. The number of ketones is 1. The third kappa shape index (κ3) is 8.59. The lowest BCUT2D eigenvalue weighted by Crippen LogP contribution is -2.35. The second-order valence-corrected chi connectivity index (χ2v) is 10.1. The van der Waals surface area contributed by atoms with Crippen LogP contribution in [0, 0.1) is 0 Å². The lowest BCUT2D eigenvalue weighted by atomic mass is 10.1. The van der Waals surface area contributed by atoms with Crippen LogP contribution < -0.4 is 9.47 Å². The second kappa shape index (κ2) is 14.2. The van der Waals surface area contributed by atoms with Gasteiger partial charge in [-0.15, -0.1) is 0 Å². The van der Waals surface area contributed by atoms with Crippen molar-refractivity contribution < 1.29 is 37.9 Å². The fourth-order valence-corrected chi connectivity index (χ4v) is 4.21. The Morgan fingerprint density at radius 2 is 1.77 bits per heavy atom. The number of benzene rings is 1. The van der Waals surface area contributed by atoms with Gasteiger partial charge in [-0.05, 0) is 31.0 Å². The lowest BCUT2D eigenvalue weighted by Gasteiger charge is -2.22. The number of carbonyl (C=O) groups is 2. The molecule has 0 saturated heterocycles. The van der Waals surface area contributed by atoms with Crippen LogP contribution in [0.4, 0.5) is 0 Å². The van der Waals surface area contributed by atoms with Gasteiger partial charge in [0.15, 0.2) is 0 Å². The highest BCUT2D eigenvalue weighted by Crippen LogP contribution is 2.35. The first-order valence-corrected chi connectivity index (χ1v) is 14.4. The van der Waals surface area contributed by atoms with Crippen molar-refractivity contribution in [1.82, 2.24) is 19.7 Å². The molecule has 0 aliphatic heterocycles. The Morgan fingerprint density at radius 3 is 2.36 bits per heavy atom. The molecule has 2 heterocycles. The number of carbonyl (C=O) groups excluding carboxylic acids is 2. The normalized spacial score (nSPS) is 11.5. The highest BCUT2D eigenvalue weighted by atomic mass is 31.2. The Balaban J connectivity index is 1.83. The number of rotatable bonds is 16. The minimum Gasteiger partial charge on any atom is -0.497 e. The van der Waals surface area contributed by atoms with E-state index in [9.17, 15) is 14.2 Å². The summed E-state index contributed by atoms with van der Waals surface area (Å²) >= 11 is 0. The summed E-state index contributed by atoms with van der Waals surface area (Å²) < 4.78 is 27.3. The molecule has 0 fully saturated rings. The van der Waals surface area contributed by atoms with E-state index in [1.165, 1.54) is 18.3 Å². The molecule has 0 radical (unpaired) electrons. The Bertz CT molecular complexity index is 1300. The first-order valence-electron chi connectivity index (χ1n) is 12.8. The molecule has 1 aromatic carbocycles. The number of amides is 1. The van der Waals surface area contributed by atoms with Crippen molar-refractivity contribution >= 4 is 30.4 Å². The van der Waals surface area contributed by atoms with Crippen LogP contribution in [0.5, 0.6) is 11.6 Å². The molecule has 0 saturated carbocycles. The molecule has 0 atom stereocenters. The minimum atomic E-state index is -4.58. The minimum absolute atomic E-state index is 0.00785. The molecular formula is C26H35N4O8P. The highest BCUT2D eigenvalue weighted by molar-refractivity contribution is 7.46. The molecule has 2 N–H and O–H groups in total. The van der Waals surface area contributed by atoms with Crippen LogP contribution in [0.25, 0.3) is 10.9 Å². The second-order valence-electron chi connectivity index (χ2n) is 8.86. The van der Waals surface area contributed by atoms with Crippen molar-refractivity contribution in [3.8, 4) is 11.6 Å². The van der Waals surface area contributed by atoms with E-state index in [2.05, 4.69) is 28.5 Å². The summed E-state index contributed by atoms with van der Waals surface area (Å²) in [4.78, 5) is 50.0. The predicted octanol–water partition coefficient (Wildman–Crippen LogP) is 3.59. The van der Waals surface area contributed by atoms with Crippen LogP contribution in [0.15, 0.2) is 36.5 Å². The Morgan fingerprint density at radius 1 is 1.05 bits per heavy atom. The SMILES string of the molecule is CCCCN(CCCC)C(=O)Cn1nc(C(=O)c2ccc(OCCOP(=O)(O)O)nc2)c2ccc(OC)cc21. The smallest absolute Gasteiger partial charge is 0.469 e. The molecule has 0 aliphatic rings. The first-order chi connectivity index (χ1) is 18.7. The van der Waals surface area contributed by atoms with Gasteiger partial charge in [-0.1, -0.05) is 26.7 Å². The number of methoxy groups -OCH3 is 1. The zero-order chi connectivity index (χ0) is 28.4. The van der Waals surface area contributed by atoms with E-state index in [0.717, 1.165) is 25.7 Å². The maximum Gasteiger partial charge on any atom is 0.469 e. The molecule has 12 nitrogen and oxygen atoms in total. The summed E-state index contributed by atoms with van der Waals surface area (Å²) in [6, 6.07) is 8.22. The van der Waals surface area contributed by atoms with Crippen molar-refractivity contribution in [2.75, 3.05) is 33.4 Å².